The smallest absolute Gasteiger partial charge is 0.243 e. The summed E-state index contributed by atoms with van der Waals surface area (Å²) in [4.78, 5) is 26.4. The van der Waals surface area contributed by atoms with Gasteiger partial charge in [0.2, 0.25) is 15.9 Å². The van der Waals surface area contributed by atoms with Crippen LogP contribution in [0, 0.1) is 0 Å². The molecule has 1 fully saturated rings. The molecule has 3 N–H and O–H groups in total. The standard InChI is InChI=1S/C22H28N6O3S/c29-21(28-15-2-1-3-16-28)18(9-6-12-24-22-25-13-14-26-22)27-32(30,31)19-10-4-7-17-8-5-11-23-20(17)19/h4-5,7-8,10-11,13-14,18,27H,1-3,6,9,12,15-16H2,(H2,24,25,26)/t18-/m0/s1. The molecule has 3 aromatic rings. The zero-order chi connectivity index (χ0) is 22.4. The van der Waals surface area contributed by atoms with Gasteiger partial charge in [0, 0.05) is 43.6 Å². The van der Waals surface area contributed by atoms with E-state index in [0.29, 0.717) is 43.9 Å². The molecule has 1 aliphatic heterocycles. The summed E-state index contributed by atoms with van der Waals surface area (Å²) in [5.74, 6) is 0.478. The van der Waals surface area contributed by atoms with E-state index in [1.807, 2.05) is 12.1 Å². The number of hydrogen-bond donors (Lipinski definition) is 3. The van der Waals surface area contributed by atoms with Gasteiger partial charge in [-0.05, 0) is 44.2 Å². The molecule has 2 aromatic heterocycles. The van der Waals surface area contributed by atoms with Crippen molar-refractivity contribution in [3.8, 4) is 0 Å². The number of nitrogens with one attached hydrogen (secondary N) is 3. The van der Waals surface area contributed by atoms with Crippen molar-refractivity contribution in [2.75, 3.05) is 25.0 Å². The summed E-state index contributed by atoms with van der Waals surface area (Å²) < 4.78 is 29.3. The number of anilines is 1. The van der Waals surface area contributed by atoms with Crippen LogP contribution in [0.3, 0.4) is 0 Å². The largest absolute Gasteiger partial charge is 0.356 e. The number of hydrogen-bond acceptors (Lipinski definition) is 6. The van der Waals surface area contributed by atoms with Gasteiger partial charge in [-0.1, -0.05) is 18.2 Å². The normalized spacial score (nSPS) is 15.6. The summed E-state index contributed by atoms with van der Waals surface area (Å²) in [6.45, 7) is 1.89. The molecule has 0 spiro atoms. The third-order valence-corrected chi connectivity index (χ3v) is 7.11. The first-order chi connectivity index (χ1) is 15.5. The summed E-state index contributed by atoms with van der Waals surface area (Å²) in [5.41, 5.74) is 0.395. The summed E-state index contributed by atoms with van der Waals surface area (Å²) in [7, 11) is -3.95. The zero-order valence-corrected chi connectivity index (χ0v) is 18.6. The molecule has 1 amide bonds. The number of H-pyrrole nitrogens is 1. The van der Waals surface area contributed by atoms with Crippen LogP contribution in [0.1, 0.15) is 32.1 Å². The van der Waals surface area contributed by atoms with Crippen LogP contribution in [-0.4, -0.2) is 59.9 Å². The molecule has 0 radical (unpaired) electrons. The lowest BCUT2D eigenvalue weighted by molar-refractivity contribution is -0.134. The van der Waals surface area contributed by atoms with Crippen molar-refractivity contribution in [2.24, 2.45) is 0 Å². The molecule has 1 saturated heterocycles. The van der Waals surface area contributed by atoms with Gasteiger partial charge in [-0.15, -0.1) is 0 Å². The highest BCUT2D eigenvalue weighted by atomic mass is 32.2. The maximum Gasteiger partial charge on any atom is 0.243 e. The Morgan fingerprint density at radius 2 is 1.91 bits per heavy atom. The van der Waals surface area contributed by atoms with E-state index < -0.39 is 16.1 Å². The second-order valence-corrected chi connectivity index (χ2v) is 9.58. The number of fused-ring (bicyclic) bond motifs is 1. The minimum atomic E-state index is -3.95. The fourth-order valence-corrected chi connectivity index (χ4v) is 5.39. The van der Waals surface area contributed by atoms with E-state index in [-0.39, 0.29) is 10.8 Å². The second-order valence-electron chi connectivity index (χ2n) is 7.90. The van der Waals surface area contributed by atoms with Crippen molar-refractivity contribution >= 4 is 32.8 Å². The fraction of sp³-hybridized carbons (Fsp3) is 0.409. The van der Waals surface area contributed by atoms with Crippen LogP contribution >= 0.6 is 0 Å². The summed E-state index contributed by atoms with van der Waals surface area (Å²) in [5, 5.41) is 3.87. The Hall–Kier alpha value is -2.98. The lowest BCUT2D eigenvalue weighted by Crippen LogP contribution is -2.50. The Morgan fingerprint density at radius 3 is 2.69 bits per heavy atom. The van der Waals surface area contributed by atoms with E-state index in [1.54, 1.807) is 35.6 Å². The summed E-state index contributed by atoms with van der Waals surface area (Å²) in [6.07, 6.45) is 8.89. The van der Waals surface area contributed by atoms with Gasteiger partial charge in [-0.3, -0.25) is 9.78 Å². The third kappa shape index (κ3) is 5.25. The first kappa shape index (κ1) is 22.2. The van der Waals surface area contributed by atoms with E-state index in [1.165, 1.54) is 6.07 Å². The van der Waals surface area contributed by atoms with Crippen LogP contribution in [0.2, 0.25) is 0 Å². The number of sulfonamides is 1. The highest BCUT2D eigenvalue weighted by Gasteiger charge is 2.30. The number of benzene rings is 1. The number of aromatic nitrogens is 3. The molecule has 1 aliphatic rings. The van der Waals surface area contributed by atoms with Crippen LogP contribution in [0.4, 0.5) is 5.95 Å². The molecule has 0 unspecified atom stereocenters. The predicted molar refractivity (Wildman–Crippen MR) is 123 cm³/mol. The number of para-hydroxylation sites is 1. The number of nitrogens with zero attached hydrogens (tertiary/aromatic N) is 3. The first-order valence-electron chi connectivity index (χ1n) is 10.9. The van der Waals surface area contributed by atoms with Gasteiger partial charge >= 0.3 is 0 Å². The van der Waals surface area contributed by atoms with E-state index in [0.717, 1.165) is 24.6 Å². The lowest BCUT2D eigenvalue weighted by atomic mass is 10.1. The number of carbonyl (C=O) groups is 1. The molecule has 170 valence electrons. The Morgan fingerprint density at radius 1 is 1.09 bits per heavy atom. The Labute approximate surface area is 187 Å². The first-order valence-corrected chi connectivity index (χ1v) is 12.4. The van der Waals surface area contributed by atoms with Gasteiger partial charge in [0.05, 0.1) is 5.52 Å². The second kappa shape index (κ2) is 10.1. The number of rotatable bonds is 9. The topological polar surface area (TPSA) is 120 Å². The molecule has 3 heterocycles. The van der Waals surface area contributed by atoms with Crippen LogP contribution in [0.15, 0.2) is 53.8 Å². The van der Waals surface area contributed by atoms with Gasteiger partial charge in [0.25, 0.3) is 0 Å². The number of amides is 1. The highest BCUT2D eigenvalue weighted by Crippen LogP contribution is 2.22. The third-order valence-electron chi connectivity index (χ3n) is 5.61. The molecule has 0 saturated carbocycles. The lowest BCUT2D eigenvalue weighted by Gasteiger charge is -2.30. The summed E-state index contributed by atoms with van der Waals surface area (Å²) >= 11 is 0. The fourth-order valence-electron chi connectivity index (χ4n) is 3.99. The van der Waals surface area contributed by atoms with Crippen molar-refractivity contribution in [3.05, 3.63) is 48.9 Å². The van der Waals surface area contributed by atoms with Crippen molar-refractivity contribution in [1.29, 1.82) is 0 Å². The molecule has 4 rings (SSSR count). The Kier molecular flexibility index (Phi) is 7.01. The van der Waals surface area contributed by atoms with Gasteiger partial charge < -0.3 is 15.2 Å². The number of carbonyl (C=O) groups excluding carboxylic acids is 1. The average molecular weight is 457 g/mol. The van der Waals surface area contributed by atoms with E-state index >= 15 is 0 Å². The van der Waals surface area contributed by atoms with Crippen LogP contribution in [0.25, 0.3) is 10.9 Å². The quantitative estimate of drug-likeness (QED) is 0.426. The molecule has 0 bridgehead atoms. The van der Waals surface area contributed by atoms with Crippen molar-refractivity contribution < 1.29 is 13.2 Å². The Balaban J connectivity index is 1.51. The van der Waals surface area contributed by atoms with Crippen LogP contribution in [0.5, 0.6) is 0 Å². The minimum absolute atomic E-state index is 0.0840. The van der Waals surface area contributed by atoms with Gasteiger partial charge in [-0.2, -0.15) is 4.72 Å². The predicted octanol–water partition coefficient (Wildman–Crippen LogP) is 2.51. The van der Waals surface area contributed by atoms with Gasteiger partial charge in [-0.25, -0.2) is 13.4 Å². The number of pyridine rings is 1. The number of aromatic amines is 1. The SMILES string of the molecule is O=C([C@H](CCCNc1ncc[nH]1)NS(=O)(=O)c1cccc2cccnc12)N1CCCCC1. The maximum absolute atomic E-state index is 13.3. The maximum atomic E-state index is 13.3. The molecular weight excluding hydrogens is 428 g/mol. The molecule has 0 aliphatic carbocycles. The molecule has 10 heteroatoms. The molecule has 1 aromatic carbocycles. The van der Waals surface area contributed by atoms with Crippen molar-refractivity contribution in [3.63, 3.8) is 0 Å². The van der Waals surface area contributed by atoms with Crippen molar-refractivity contribution in [2.45, 2.75) is 43.0 Å². The van der Waals surface area contributed by atoms with E-state index in [2.05, 4.69) is 25.0 Å². The number of piperidine rings is 1. The molecule has 1 atom stereocenters. The average Bonchev–Trinajstić information content (AvgIpc) is 3.34. The molecule has 32 heavy (non-hydrogen) atoms. The Bertz CT molecular complexity index is 1140. The monoisotopic (exact) mass is 456 g/mol. The zero-order valence-electron chi connectivity index (χ0n) is 17.8. The minimum Gasteiger partial charge on any atom is -0.356 e. The van der Waals surface area contributed by atoms with E-state index in [9.17, 15) is 13.2 Å². The summed E-state index contributed by atoms with van der Waals surface area (Å²) in [6, 6.07) is 7.78. The van der Waals surface area contributed by atoms with Crippen LogP contribution < -0.4 is 10.0 Å². The molecule has 9 nitrogen and oxygen atoms in total. The number of imidazole rings is 1. The van der Waals surface area contributed by atoms with E-state index in [4.69, 9.17) is 0 Å². The molecular formula is C22H28N6O3S. The van der Waals surface area contributed by atoms with Crippen molar-refractivity contribution in [1.82, 2.24) is 24.6 Å². The highest BCUT2D eigenvalue weighted by molar-refractivity contribution is 7.89. The van der Waals surface area contributed by atoms with Gasteiger partial charge in [0.15, 0.2) is 5.95 Å². The number of likely N-dealkylation sites (tertiary alicyclic amines) is 1. The van der Waals surface area contributed by atoms with Crippen LogP contribution in [-0.2, 0) is 14.8 Å². The van der Waals surface area contributed by atoms with Gasteiger partial charge in [0.1, 0.15) is 10.9 Å².